The first kappa shape index (κ1) is 15.0. The molecule has 0 fully saturated rings. The van der Waals surface area contributed by atoms with Crippen molar-refractivity contribution in [2.75, 3.05) is 0 Å². The zero-order valence-corrected chi connectivity index (χ0v) is 12.8. The van der Waals surface area contributed by atoms with Crippen LogP contribution in [0, 0.1) is 0 Å². The van der Waals surface area contributed by atoms with Gasteiger partial charge in [-0.3, -0.25) is 9.59 Å². The summed E-state index contributed by atoms with van der Waals surface area (Å²) in [6.07, 6.45) is 1.26. The Balaban J connectivity index is 2.07. The average Bonchev–Trinajstić information content (AvgIpc) is 2.90. The van der Waals surface area contributed by atoms with Crippen molar-refractivity contribution >= 4 is 22.5 Å². The van der Waals surface area contributed by atoms with Gasteiger partial charge in [-0.1, -0.05) is 49.4 Å². The van der Waals surface area contributed by atoms with Gasteiger partial charge in [0.25, 0.3) is 0 Å². The lowest BCUT2D eigenvalue weighted by molar-refractivity contribution is 0.0980. The predicted molar refractivity (Wildman–Crippen MR) is 89.1 cm³/mol. The molecule has 1 heterocycles. The van der Waals surface area contributed by atoms with Gasteiger partial charge in [0, 0.05) is 28.5 Å². The summed E-state index contributed by atoms with van der Waals surface area (Å²) in [5.41, 5.74) is 1.92. The molecule has 2 aromatic carbocycles. The molecule has 0 bridgehead atoms. The Morgan fingerprint density at radius 1 is 1.04 bits per heavy atom. The van der Waals surface area contributed by atoms with Gasteiger partial charge in [0.2, 0.25) is 5.88 Å². The monoisotopic (exact) mass is 307 g/mol. The zero-order valence-electron chi connectivity index (χ0n) is 12.8. The maximum atomic E-state index is 12.6. The first-order valence-corrected chi connectivity index (χ1v) is 7.59. The minimum absolute atomic E-state index is 0.0550. The smallest absolute Gasteiger partial charge is 0.200 e. The van der Waals surface area contributed by atoms with Crippen molar-refractivity contribution in [2.24, 2.45) is 0 Å². The van der Waals surface area contributed by atoms with Crippen LogP contribution < -0.4 is 0 Å². The third kappa shape index (κ3) is 2.75. The Bertz CT molecular complexity index is 878. The fourth-order valence-electron chi connectivity index (χ4n) is 2.69. The van der Waals surface area contributed by atoms with Crippen LogP contribution in [0.2, 0.25) is 0 Å². The number of aromatic hydroxyl groups is 1. The Hall–Kier alpha value is -2.88. The maximum Gasteiger partial charge on any atom is 0.200 e. The second-order valence-corrected chi connectivity index (χ2v) is 5.48. The van der Waals surface area contributed by atoms with Gasteiger partial charge < -0.3 is 10.1 Å². The van der Waals surface area contributed by atoms with Crippen LogP contribution in [0.1, 0.15) is 46.0 Å². The number of nitrogens with one attached hydrogen (secondary N) is 1. The summed E-state index contributed by atoms with van der Waals surface area (Å²) in [5.74, 6) is -0.365. The van der Waals surface area contributed by atoms with Crippen LogP contribution in [0.25, 0.3) is 10.9 Å². The second kappa shape index (κ2) is 6.08. The van der Waals surface area contributed by atoms with Crippen molar-refractivity contribution < 1.29 is 14.7 Å². The summed E-state index contributed by atoms with van der Waals surface area (Å²) in [6.45, 7) is 1.95. The molecule has 0 saturated heterocycles. The van der Waals surface area contributed by atoms with E-state index in [1.807, 2.05) is 13.0 Å². The molecule has 0 saturated carbocycles. The molecular weight excluding hydrogens is 290 g/mol. The van der Waals surface area contributed by atoms with Gasteiger partial charge in [0.05, 0.1) is 5.56 Å². The van der Waals surface area contributed by atoms with Gasteiger partial charge in [-0.15, -0.1) is 0 Å². The van der Waals surface area contributed by atoms with E-state index in [1.165, 1.54) is 0 Å². The highest BCUT2D eigenvalue weighted by molar-refractivity contribution is 6.18. The van der Waals surface area contributed by atoms with Gasteiger partial charge in [-0.25, -0.2) is 0 Å². The van der Waals surface area contributed by atoms with E-state index >= 15 is 0 Å². The Morgan fingerprint density at radius 2 is 1.78 bits per heavy atom. The number of benzene rings is 2. The SMILES string of the molecule is CCCC(=O)c1ccc2c(C(=O)c3ccccc3)c(O)[nH]c2c1. The third-order valence-corrected chi connectivity index (χ3v) is 3.84. The summed E-state index contributed by atoms with van der Waals surface area (Å²) in [6, 6.07) is 13.9. The summed E-state index contributed by atoms with van der Waals surface area (Å²) in [4.78, 5) is 27.4. The minimum atomic E-state index is -0.248. The van der Waals surface area contributed by atoms with Gasteiger partial charge in [0.1, 0.15) is 0 Å². The molecule has 4 heteroatoms. The lowest BCUT2D eigenvalue weighted by atomic mass is 10.00. The predicted octanol–water partition coefficient (Wildman–Crippen LogP) is 4.09. The number of hydrogen-bond acceptors (Lipinski definition) is 3. The standard InChI is InChI=1S/C19H17NO3/c1-2-6-16(21)13-9-10-14-15(11-13)20-19(23)17(14)18(22)12-7-4-3-5-8-12/h3-5,7-11,20,23H,2,6H2,1H3. The first-order valence-electron chi connectivity index (χ1n) is 7.59. The molecule has 2 N–H and O–H groups in total. The molecule has 0 aliphatic carbocycles. The molecule has 3 aromatic rings. The van der Waals surface area contributed by atoms with Crippen LogP contribution in [-0.4, -0.2) is 21.7 Å². The van der Waals surface area contributed by atoms with E-state index < -0.39 is 0 Å². The largest absolute Gasteiger partial charge is 0.494 e. The highest BCUT2D eigenvalue weighted by Crippen LogP contribution is 2.30. The molecule has 0 aliphatic heterocycles. The quantitative estimate of drug-likeness (QED) is 0.698. The van der Waals surface area contributed by atoms with Crippen molar-refractivity contribution in [1.29, 1.82) is 0 Å². The van der Waals surface area contributed by atoms with Gasteiger partial charge in [-0.2, -0.15) is 0 Å². The number of hydrogen-bond donors (Lipinski definition) is 2. The van der Waals surface area contributed by atoms with Crippen LogP contribution in [0.15, 0.2) is 48.5 Å². The zero-order chi connectivity index (χ0) is 16.4. The lowest BCUT2D eigenvalue weighted by Gasteiger charge is -2.02. The van der Waals surface area contributed by atoms with Gasteiger partial charge >= 0.3 is 0 Å². The van der Waals surface area contributed by atoms with E-state index in [-0.39, 0.29) is 23.0 Å². The van der Waals surface area contributed by atoms with Crippen molar-refractivity contribution in [3.63, 3.8) is 0 Å². The molecule has 0 radical (unpaired) electrons. The van der Waals surface area contributed by atoms with Gasteiger partial charge in [-0.05, 0) is 12.5 Å². The second-order valence-electron chi connectivity index (χ2n) is 5.48. The van der Waals surface area contributed by atoms with Crippen molar-refractivity contribution in [1.82, 2.24) is 4.98 Å². The summed E-state index contributed by atoms with van der Waals surface area (Å²) in [7, 11) is 0. The summed E-state index contributed by atoms with van der Waals surface area (Å²) in [5, 5.41) is 10.8. The van der Waals surface area contributed by atoms with E-state index in [1.54, 1.807) is 42.5 Å². The molecule has 3 rings (SSSR count). The number of ketones is 2. The number of aromatic amines is 1. The number of Topliss-reactive ketones (excluding diaryl/α,β-unsaturated/α-hetero) is 1. The van der Waals surface area contributed by atoms with E-state index in [2.05, 4.69) is 4.98 Å². The molecule has 0 spiro atoms. The molecule has 116 valence electrons. The molecule has 0 atom stereocenters. The van der Waals surface area contributed by atoms with Crippen LogP contribution in [0.5, 0.6) is 5.88 Å². The number of carbonyl (C=O) groups excluding carboxylic acids is 2. The molecule has 0 aliphatic rings. The average molecular weight is 307 g/mol. The van der Waals surface area contributed by atoms with E-state index in [0.29, 0.717) is 28.5 Å². The Kier molecular flexibility index (Phi) is 3.98. The Labute approximate surface area is 133 Å². The highest BCUT2D eigenvalue weighted by Gasteiger charge is 2.20. The van der Waals surface area contributed by atoms with E-state index in [4.69, 9.17) is 0 Å². The molecule has 4 nitrogen and oxygen atoms in total. The number of carbonyl (C=O) groups is 2. The molecular formula is C19H17NO3. The molecule has 23 heavy (non-hydrogen) atoms. The third-order valence-electron chi connectivity index (χ3n) is 3.84. The summed E-state index contributed by atoms with van der Waals surface area (Å²) < 4.78 is 0. The van der Waals surface area contributed by atoms with Crippen molar-refractivity contribution in [3.05, 3.63) is 65.2 Å². The van der Waals surface area contributed by atoms with E-state index in [9.17, 15) is 14.7 Å². The maximum absolute atomic E-state index is 12.6. The van der Waals surface area contributed by atoms with Crippen LogP contribution in [-0.2, 0) is 0 Å². The Morgan fingerprint density at radius 3 is 2.48 bits per heavy atom. The lowest BCUT2D eigenvalue weighted by Crippen LogP contribution is -2.01. The molecule has 0 unspecified atom stereocenters. The first-order chi connectivity index (χ1) is 11.1. The minimum Gasteiger partial charge on any atom is -0.494 e. The normalized spacial score (nSPS) is 10.8. The molecule has 0 amide bonds. The number of fused-ring (bicyclic) bond motifs is 1. The highest BCUT2D eigenvalue weighted by atomic mass is 16.3. The van der Waals surface area contributed by atoms with Crippen molar-refractivity contribution in [3.8, 4) is 5.88 Å². The van der Waals surface area contributed by atoms with Crippen LogP contribution in [0.4, 0.5) is 0 Å². The summed E-state index contributed by atoms with van der Waals surface area (Å²) >= 11 is 0. The fourth-order valence-corrected chi connectivity index (χ4v) is 2.69. The fraction of sp³-hybridized carbons (Fsp3) is 0.158. The van der Waals surface area contributed by atoms with Crippen LogP contribution in [0.3, 0.4) is 0 Å². The topological polar surface area (TPSA) is 70.2 Å². The van der Waals surface area contributed by atoms with Crippen LogP contribution >= 0.6 is 0 Å². The van der Waals surface area contributed by atoms with E-state index in [0.717, 1.165) is 6.42 Å². The number of aromatic nitrogens is 1. The number of H-pyrrole nitrogens is 1. The molecule has 1 aromatic heterocycles. The number of rotatable bonds is 5. The van der Waals surface area contributed by atoms with Gasteiger partial charge in [0.15, 0.2) is 11.6 Å². The van der Waals surface area contributed by atoms with Crippen molar-refractivity contribution in [2.45, 2.75) is 19.8 Å².